The molecule has 0 radical (unpaired) electrons. The number of hydrogen-bond acceptors (Lipinski definition) is 5. The number of hydrogen-bond donors (Lipinski definition) is 0. The summed E-state index contributed by atoms with van der Waals surface area (Å²) < 4.78 is 8.57. The second kappa shape index (κ2) is 7.63. The van der Waals surface area contributed by atoms with Gasteiger partial charge in [0.25, 0.3) is 0 Å². The molecule has 0 atom stereocenters. The third-order valence-corrected chi connectivity index (χ3v) is 5.32. The number of aryl methyl sites for hydroxylation is 2. The second-order valence-corrected chi connectivity index (χ2v) is 7.19. The number of rotatable bonds is 5. The standard InChI is InChI=1S/C20H25N5O3/c1-3-24-17-6-4-5-7-18(17)25(20(24)27)14-19(26)23-10-8-22(9-11-23)13-16-12-15(2)21-28-16/h4-7,12H,3,8-11,13-14H2,1-2H3. The summed E-state index contributed by atoms with van der Waals surface area (Å²) in [6.45, 7) is 8.05. The van der Waals surface area contributed by atoms with Crippen molar-refractivity contribution in [2.75, 3.05) is 26.2 Å². The van der Waals surface area contributed by atoms with Crippen LogP contribution in [0.5, 0.6) is 0 Å². The van der Waals surface area contributed by atoms with Crippen LogP contribution in [0, 0.1) is 6.92 Å². The molecule has 0 saturated carbocycles. The SMILES string of the molecule is CCn1c(=O)n(CC(=O)N2CCN(Cc3cc(C)no3)CC2)c2ccccc21. The fraction of sp³-hybridized carbons (Fsp3) is 0.450. The molecule has 1 saturated heterocycles. The normalized spacial score (nSPS) is 15.4. The van der Waals surface area contributed by atoms with Gasteiger partial charge in [-0.2, -0.15) is 0 Å². The number of carbonyl (C=O) groups is 1. The number of aromatic nitrogens is 3. The Bertz CT molecular complexity index is 1040. The summed E-state index contributed by atoms with van der Waals surface area (Å²) >= 11 is 0. The Balaban J connectivity index is 1.42. The first-order chi connectivity index (χ1) is 13.6. The van der Waals surface area contributed by atoms with Gasteiger partial charge in [0.2, 0.25) is 5.91 Å². The van der Waals surface area contributed by atoms with Gasteiger partial charge in [0.15, 0.2) is 5.76 Å². The third-order valence-electron chi connectivity index (χ3n) is 5.32. The largest absolute Gasteiger partial charge is 0.360 e. The average Bonchev–Trinajstić information content (AvgIpc) is 3.23. The quantitative estimate of drug-likeness (QED) is 0.667. The lowest BCUT2D eigenvalue weighted by Gasteiger charge is -2.34. The van der Waals surface area contributed by atoms with Gasteiger partial charge in [-0.1, -0.05) is 17.3 Å². The van der Waals surface area contributed by atoms with Gasteiger partial charge in [-0.25, -0.2) is 4.79 Å². The molecule has 8 nitrogen and oxygen atoms in total. The number of para-hydroxylation sites is 2. The van der Waals surface area contributed by atoms with E-state index in [9.17, 15) is 9.59 Å². The van der Waals surface area contributed by atoms with Crippen molar-refractivity contribution in [3.63, 3.8) is 0 Å². The molecule has 0 spiro atoms. The Labute approximate surface area is 162 Å². The Morgan fingerprint density at radius 3 is 2.39 bits per heavy atom. The molecule has 3 heterocycles. The van der Waals surface area contributed by atoms with E-state index < -0.39 is 0 Å². The Morgan fingerprint density at radius 2 is 1.79 bits per heavy atom. The molecular weight excluding hydrogens is 358 g/mol. The monoisotopic (exact) mass is 383 g/mol. The van der Waals surface area contributed by atoms with Gasteiger partial charge >= 0.3 is 5.69 Å². The number of benzene rings is 1. The zero-order valence-electron chi connectivity index (χ0n) is 16.3. The molecule has 1 fully saturated rings. The molecule has 0 N–H and O–H groups in total. The van der Waals surface area contributed by atoms with Crippen molar-refractivity contribution in [3.05, 3.63) is 52.3 Å². The molecule has 3 aromatic rings. The maximum Gasteiger partial charge on any atom is 0.329 e. The number of piperazine rings is 1. The molecule has 8 heteroatoms. The summed E-state index contributed by atoms with van der Waals surface area (Å²) in [7, 11) is 0. The average molecular weight is 383 g/mol. The maximum absolute atomic E-state index is 12.8. The van der Waals surface area contributed by atoms with Crippen molar-refractivity contribution >= 4 is 16.9 Å². The lowest BCUT2D eigenvalue weighted by Crippen LogP contribution is -2.49. The third kappa shape index (κ3) is 3.47. The molecule has 1 aliphatic rings. The van der Waals surface area contributed by atoms with Gasteiger partial charge in [0.05, 0.1) is 23.3 Å². The molecule has 0 aliphatic carbocycles. The summed E-state index contributed by atoms with van der Waals surface area (Å²) in [5, 5.41) is 3.91. The number of imidazole rings is 1. The molecule has 1 amide bonds. The van der Waals surface area contributed by atoms with E-state index >= 15 is 0 Å². The first-order valence-corrected chi connectivity index (χ1v) is 9.67. The highest BCUT2D eigenvalue weighted by atomic mass is 16.5. The van der Waals surface area contributed by atoms with Gasteiger partial charge < -0.3 is 9.42 Å². The number of carbonyl (C=O) groups excluding carboxylic acids is 1. The number of nitrogens with zero attached hydrogens (tertiary/aromatic N) is 5. The lowest BCUT2D eigenvalue weighted by atomic mass is 10.2. The van der Waals surface area contributed by atoms with Crippen LogP contribution in [-0.4, -0.2) is 56.2 Å². The topological polar surface area (TPSA) is 76.5 Å². The molecular formula is C20H25N5O3. The van der Waals surface area contributed by atoms with Crippen molar-refractivity contribution in [3.8, 4) is 0 Å². The van der Waals surface area contributed by atoms with Gasteiger partial charge in [0, 0.05) is 38.8 Å². The summed E-state index contributed by atoms with van der Waals surface area (Å²) in [6.07, 6.45) is 0. The first kappa shape index (κ1) is 18.5. The zero-order valence-corrected chi connectivity index (χ0v) is 16.3. The van der Waals surface area contributed by atoms with Crippen molar-refractivity contribution < 1.29 is 9.32 Å². The van der Waals surface area contributed by atoms with Crippen LogP contribution in [0.3, 0.4) is 0 Å². The van der Waals surface area contributed by atoms with E-state index in [0.29, 0.717) is 26.2 Å². The maximum atomic E-state index is 12.8. The van der Waals surface area contributed by atoms with Crippen LogP contribution in [0.25, 0.3) is 11.0 Å². The fourth-order valence-electron chi connectivity index (χ4n) is 3.83. The van der Waals surface area contributed by atoms with Crippen LogP contribution in [0.1, 0.15) is 18.4 Å². The van der Waals surface area contributed by atoms with Gasteiger partial charge in [-0.3, -0.25) is 18.8 Å². The summed E-state index contributed by atoms with van der Waals surface area (Å²) in [5.41, 5.74) is 2.42. The van der Waals surface area contributed by atoms with Crippen LogP contribution < -0.4 is 5.69 Å². The minimum atomic E-state index is -0.128. The van der Waals surface area contributed by atoms with E-state index in [1.54, 1.807) is 9.13 Å². The second-order valence-electron chi connectivity index (χ2n) is 7.19. The highest BCUT2D eigenvalue weighted by molar-refractivity contribution is 5.81. The minimum absolute atomic E-state index is 0.0173. The van der Waals surface area contributed by atoms with Crippen LogP contribution in [-0.2, 0) is 24.4 Å². The van der Waals surface area contributed by atoms with E-state index in [2.05, 4.69) is 10.1 Å². The van der Waals surface area contributed by atoms with Crippen molar-refractivity contribution in [2.24, 2.45) is 0 Å². The number of fused-ring (bicyclic) bond motifs is 1. The van der Waals surface area contributed by atoms with Crippen LogP contribution in [0.15, 0.2) is 39.6 Å². The van der Waals surface area contributed by atoms with Gasteiger partial charge in [-0.15, -0.1) is 0 Å². The van der Waals surface area contributed by atoms with Crippen molar-refractivity contribution in [1.29, 1.82) is 0 Å². The molecule has 0 unspecified atom stereocenters. The molecule has 1 aliphatic heterocycles. The van der Waals surface area contributed by atoms with Crippen molar-refractivity contribution in [2.45, 2.75) is 33.5 Å². The molecule has 0 bridgehead atoms. The smallest absolute Gasteiger partial charge is 0.329 e. The van der Waals surface area contributed by atoms with E-state index in [0.717, 1.165) is 35.6 Å². The fourth-order valence-corrected chi connectivity index (χ4v) is 3.83. The molecule has 148 valence electrons. The van der Waals surface area contributed by atoms with Gasteiger partial charge in [0.1, 0.15) is 6.54 Å². The van der Waals surface area contributed by atoms with E-state index in [1.165, 1.54) is 0 Å². The highest BCUT2D eigenvalue weighted by Gasteiger charge is 2.23. The number of amides is 1. The molecule has 1 aromatic carbocycles. The summed E-state index contributed by atoms with van der Waals surface area (Å²) in [6, 6.07) is 9.56. The van der Waals surface area contributed by atoms with E-state index in [1.807, 2.05) is 49.1 Å². The predicted octanol–water partition coefficient (Wildman–Crippen LogP) is 1.46. The molecule has 4 rings (SSSR count). The summed E-state index contributed by atoms with van der Waals surface area (Å²) in [5.74, 6) is 0.826. The Hall–Kier alpha value is -2.87. The van der Waals surface area contributed by atoms with E-state index in [4.69, 9.17) is 4.52 Å². The lowest BCUT2D eigenvalue weighted by molar-refractivity contribution is -0.133. The Morgan fingerprint density at radius 1 is 1.11 bits per heavy atom. The van der Waals surface area contributed by atoms with Crippen molar-refractivity contribution in [1.82, 2.24) is 24.1 Å². The van der Waals surface area contributed by atoms with Gasteiger partial charge in [-0.05, 0) is 26.0 Å². The Kier molecular flexibility index (Phi) is 5.04. The summed E-state index contributed by atoms with van der Waals surface area (Å²) in [4.78, 5) is 29.7. The highest BCUT2D eigenvalue weighted by Crippen LogP contribution is 2.14. The van der Waals surface area contributed by atoms with E-state index in [-0.39, 0.29) is 18.1 Å². The van der Waals surface area contributed by atoms with Crippen LogP contribution in [0.4, 0.5) is 0 Å². The molecule has 28 heavy (non-hydrogen) atoms. The van der Waals surface area contributed by atoms with Crippen LogP contribution >= 0.6 is 0 Å². The predicted molar refractivity (Wildman–Crippen MR) is 105 cm³/mol. The molecule has 2 aromatic heterocycles. The zero-order chi connectivity index (χ0) is 19.7. The minimum Gasteiger partial charge on any atom is -0.360 e. The van der Waals surface area contributed by atoms with Crippen LogP contribution in [0.2, 0.25) is 0 Å². The first-order valence-electron chi connectivity index (χ1n) is 9.67.